The minimum atomic E-state index is -4.75. The molecule has 124 valence electrons. The lowest BCUT2D eigenvalue weighted by atomic mass is 10.1. The molecule has 0 aliphatic carbocycles. The predicted molar refractivity (Wildman–Crippen MR) is 69.1 cm³/mol. The van der Waals surface area contributed by atoms with Crippen molar-refractivity contribution < 1.29 is 38.6 Å². The van der Waals surface area contributed by atoms with Gasteiger partial charge in [0.15, 0.2) is 11.9 Å². The van der Waals surface area contributed by atoms with E-state index in [1.165, 1.54) is 0 Å². The minimum absolute atomic E-state index is 0.180. The molecule has 1 unspecified atom stereocenters. The number of rotatable bonds is 5. The quantitative estimate of drug-likeness (QED) is 0.306. The van der Waals surface area contributed by atoms with Crippen LogP contribution in [-0.2, 0) is 13.8 Å². The van der Waals surface area contributed by atoms with Gasteiger partial charge in [-0.2, -0.15) is 0 Å². The third-order valence-electron chi connectivity index (χ3n) is 3.08. The molecule has 2 rings (SSSR count). The Kier molecular flexibility index (Phi) is 4.54. The fourth-order valence-corrected chi connectivity index (χ4v) is 2.37. The molecule has 1 fully saturated rings. The van der Waals surface area contributed by atoms with Crippen LogP contribution in [0.25, 0.3) is 0 Å². The molecule has 0 radical (unpaired) electrons. The molecular weight excluding hydrogens is 323 g/mol. The Balaban J connectivity index is 2.16. The van der Waals surface area contributed by atoms with Crippen molar-refractivity contribution in [2.45, 2.75) is 24.5 Å². The molecule has 1 saturated heterocycles. The average molecular weight is 338 g/mol. The molecule has 22 heavy (non-hydrogen) atoms. The molecule has 13 heteroatoms. The van der Waals surface area contributed by atoms with Gasteiger partial charge < -0.3 is 36.2 Å². The van der Waals surface area contributed by atoms with E-state index in [0.29, 0.717) is 0 Å². The molecular formula is C9H15N4O8P. The third-order valence-corrected chi connectivity index (χ3v) is 3.57. The zero-order valence-corrected chi connectivity index (χ0v) is 11.9. The van der Waals surface area contributed by atoms with Crippen LogP contribution in [0.4, 0.5) is 5.82 Å². The number of aromatic nitrogens is 2. The number of anilines is 1. The number of aliphatic hydroxyl groups is 2. The van der Waals surface area contributed by atoms with Crippen molar-refractivity contribution in [1.29, 1.82) is 0 Å². The monoisotopic (exact) mass is 338 g/mol. The summed E-state index contributed by atoms with van der Waals surface area (Å²) < 4.78 is 21.2. The number of phosphoric acid groups is 1. The van der Waals surface area contributed by atoms with Crippen molar-refractivity contribution in [2.24, 2.45) is 5.73 Å². The number of hydrogen-bond acceptors (Lipinski definition) is 8. The Morgan fingerprint density at radius 3 is 2.59 bits per heavy atom. The zero-order chi connectivity index (χ0) is 16.7. The molecule has 0 aromatic carbocycles. The lowest BCUT2D eigenvalue weighted by molar-refractivity contribution is -0.0510. The molecule has 0 saturated carbocycles. The maximum absolute atomic E-state index is 11.1. The summed E-state index contributed by atoms with van der Waals surface area (Å²) in [4.78, 5) is 32.0. The van der Waals surface area contributed by atoms with E-state index in [-0.39, 0.29) is 11.5 Å². The normalized spacial score (nSPS) is 28.9. The number of imidazole rings is 1. The van der Waals surface area contributed by atoms with Crippen molar-refractivity contribution in [3.05, 3.63) is 12.0 Å². The maximum atomic E-state index is 11.1. The third kappa shape index (κ3) is 3.28. The van der Waals surface area contributed by atoms with Gasteiger partial charge in [0.2, 0.25) is 0 Å². The molecule has 1 aromatic heterocycles. The highest BCUT2D eigenvalue weighted by Crippen LogP contribution is 2.38. The second kappa shape index (κ2) is 5.93. The van der Waals surface area contributed by atoms with E-state index in [1.54, 1.807) is 0 Å². The number of hydrogen-bond donors (Lipinski definition) is 6. The van der Waals surface area contributed by atoms with Gasteiger partial charge in [0.1, 0.15) is 24.1 Å². The summed E-state index contributed by atoms with van der Waals surface area (Å²) in [6, 6.07) is 0. The standard InChI is InChI=1S/C9H15N4O8P/c10-7-4(8(11)16)12-2-13(7)9-6(15)5(14)3(21-9)1-20-22(17,18)19/h2-3,5-6,9,14-15H,1,10H2,(H2,11,16)(H2,17,18,19)/t3-,5-,6?,9-/m1/s1. The number of phosphoric ester groups is 1. The SMILES string of the molecule is NC(=O)c1ncn([C@@H]2O[C@H](COP(=O)(O)O)[C@@H](O)C2O)c1N. The molecule has 1 aromatic rings. The van der Waals surface area contributed by atoms with E-state index in [2.05, 4.69) is 9.51 Å². The van der Waals surface area contributed by atoms with Crippen LogP contribution >= 0.6 is 7.82 Å². The summed E-state index contributed by atoms with van der Waals surface area (Å²) in [6.45, 7) is -0.656. The first-order chi connectivity index (χ1) is 10.1. The van der Waals surface area contributed by atoms with Crippen LogP contribution < -0.4 is 11.5 Å². The summed E-state index contributed by atoms with van der Waals surface area (Å²) in [5.41, 5.74) is 10.5. The van der Waals surface area contributed by atoms with Crippen LogP contribution in [0.2, 0.25) is 0 Å². The van der Waals surface area contributed by atoms with Gasteiger partial charge in [-0.25, -0.2) is 9.55 Å². The molecule has 8 N–H and O–H groups in total. The number of nitrogens with zero attached hydrogens (tertiary/aromatic N) is 2. The number of nitrogen functional groups attached to an aromatic ring is 1. The lowest BCUT2D eigenvalue weighted by Crippen LogP contribution is -2.33. The number of carbonyl (C=O) groups is 1. The molecule has 12 nitrogen and oxygen atoms in total. The first-order valence-corrected chi connectivity index (χ1v) is 7.48. The van der Waals surface area contributed by atoms with Crippen LogP contribution in [0.15, 0.2) is 6.33 Å². The van der Waals surface area contributed by atoms with Gasteiger partial charge in [-0.05, 0) is 0 Å². The molecule has 1 aliphatic rings. The van der Waals surface area contributed by atoms with Crippen molar-refractivity contribution in [2.75, 3.05) is 12.3 Å². The fourth-order valence-electron chi connectivity index (χ4n) is 2.03. The smallest absolute Gasteiger partial charge is 0.387 e. The number of carbonyl (C=O) groups excluding carboxylic acids is 1. The maximum Gasteiger partial charge on any atom is 0.469 e. The van der Waals surface area contributed by atoms with Gasteiger partial charge in [0.05, 0.1) is 12.9 Å². The van der Waals surface area contributed by atoms with Gasteiger partial charge >= 0.3 is 7.82 Å². The Bertz CT molecular complexity index is 615. The Hall–Kier alpha value is -1.53. The summed E-state index contributed by atoms with van der Waals surface area (Å²) in [7, 11) is -4.75. The lowest BCUT2D eigenvalue weighted by Gasteiger charge is -2.17. The van der Waals surface area contributed by atoms with Gasteiger partial charge in [-0.1, -0.05) is 0 Å². The van der Waals surface area contributed by atoms with Crippen LogP contribution in [0.5, 0.6) is 0 Å². The highest BCUT2D eigenvalue weighted by Gasteiger charge is 2.45. The number of primary amides is 1. The molecule has 0 spiro atoms. The number of nitrogens with two attached hydrogens (primary N) is 2. The number of amides is 1. The van der Waals surface area contributed by atoms with Gasteiger partial charge in [-0.3, -0.25) is 13.9 Å². The summed E-state index contributed by atoms with van der Waals surface area (Å²) in [6.07, 6.45) is -4.33. The number of ether oxygens (including phenoxy) is 1. The van der Waals surface area contributed by atoms with Gasteiger partial charge in [-0.15, -0.1) is 0 Å². The Labute approximate surface area is 123 Å². The topological polar surface area (TPSA) is 203 Å². The highest BCUT2D eigenvalue weighted by molar-refractivity contribution is 7.46. The first-order valence-electron chi connectivity index (χ1n) is 5.95. The van der Waals surface area contributed by atoms with Crippen molar-refractivity contribution in [1.82, 2.24) is 9.55 Å². The summed E-state index contributed by atoms with van der Waals surface area (Å²) >= 11 is 0. The second-order valence-electron chi connectivity index (χ2n) is 4.58. The van der Waals surface area contributed by atoms with Crippen LogP contribution in [0.1, 0.15) is 16.7 Å². The van der Waals surface area contributed by atoms with E-state index in [4.69, 9.17) is 26.0 Å². The zero-order valence-electron chi connectivity index (χ0n) is 11.0. The van der Waals surface area contributed by atoms with E-state index >= 15 is 0 Å². The summed E-state index contributed by atoms with van der Waals surface area (Å²) in [5, 5.41) is 19.8. The molecule has 4 atom stereocenters. The van der Waals surface area contributed by atoms with Crippen LogP contribution in [0, 0.1) is 0 Å². The predicted octanol–water partition coefficient (Wildman–Crippen LogP) is -2.71. The molecule has 2 heterocycles. The molecule has 1 amide bonds. The second-order valence-corrected chi connectivity index (χ2v) is 5.82. The van der Waals surface area contributed by atoms with E-state index < -0.39 is 44.9 Å². The molecule has 1 aliphatic heterocycles. The minimum Gasteiger partial charge on any atom is -0.387 e. The Morgan fingerprint density at radius 2 is 2.09 bits per heavy atom. The number of aliphatic hydroxyl groups excluding tert-OH is 2. The summed E-state index contributed by atoms with van der Waals surface area (Å²) in [5.74, 6) is -1.06. The van der Waals surface area contributed by atoms with E-state index in [0.717, 1.165) is 10.9 Å². The van der Waals surface area contributed by atoms with E-state index in [9.17, 15) is 19.6 Å². The van der Waals surface area contributed by atoms with Crippen molar-refractivity contribution in [3.8, 4) is 0 Å². The Morgan fingerprint density at radius 1 is 1.45 bits per heavy atom. The van der Waals surface area contributed by atoms with E-state index in [1.807, 2.05) is 0 Å². The first kappa shape index (κ1) is 16.8. The largest absolute Gasteiger partial charge is 0.469 e. The van der Waals surface area contributed by atoms with Gasteiger partial charge in [0, 0.05) is 0 Å². The average Bonchev–Trinajstić information content (AvgIpc) is 2.90. The van der Waals surface area contributed by atoms with Crippen LogP contribution in [0.3, 0.4) is 0 Å². The van der Waals surface area contributed by atoms with Crippen LogP contribution in [-0.4, -0.2) is 60.4 Å². The van der Waals surface area contributed by atoms with Gasteiger partial charge in [0.25, 0.3) is 5.91 Å². The van der Waals surface area contributed by atoms with Crippen molar-refractivity contribution in [3.63, 3.8) is 0 Å². The highest BCUT2D eigenvalue weighted by atomic mass is 31.2. The van der Waals surface area contributed by atoms with Crippen molar-refractivity contribution >= 4 is 19.5 Å². The fraction of sp³-hybridized carbons (Fsp3) is 0.556. The molecule has 0 bridgehead atoms.